The zero-order valence-electron chi connectivity index (χ0n) is 6.83. The first-order valence-electron chi connectivity index (χ1n) is 3.43. The lowest BCUT2D eigenvalue weighted by molar-refractivity contribution is -0.139. The lowest BCUT2D eigenvalue weighted by Gasteiger charge is -2.11. The van der Waals surface area contributed by atoms with Gasteiger partial charge in [0, 0.05) is 7.05 Å². The van der Waals surface area contributed by atoms with Crippen molar-refractivity contribution in [2.75, 3.05) is 7.05 Å². The van der Waals surface area contributed by atoms with E-state index in [-0.39, 0.29) is 6.42 Å². The van der Waals surface area contributed by atoms with Crippen molar-refractivity contribution >= 4 is 12.0 Å². The highest BCUT2D eigenvalue weighted by Gasteiger charge is 2.16. The Bertz CT molecular complexity index is 191. The monoisotopic (exact) mass is 172 g/mol. The van der Waals surface area contributed by atoms with E-state index in [0.717, 1.165) is 0 Å². The summed E-state index contributed by atoms with van der Waals surface area (Å²) in [5.74, 6) is -1.07. The van der Waals surface area contributed by atoms with Gasteiger partial charge in [0.25, 0.3) is 0 Å². The first-order chi connectivity index (χ1) is 5.61. The number of carboxylic acid groups (broad SMARTS) is 1. The minimum Gasteiger partial charge on any atom is -0.480 e. The molecule has 3 N–H and O–H groups in total. The molecule has 0 aromatic rings. The van der Waals surface area contributed by atoms with Crippen LogP contribution in [0.4, 0.5) is 4.79 Å². The Morgan fingerprint density at radius 1 is 1.67 bits per heavy atom. The van der Waals surface area contributed by atoms with Crippen molar-refractivity contribution in [1.29, 1.82) is 0 Å². The lowest BCUT2D eigenvalue weighted by Crippen LogP contribution is -2.44. The normalized spacial score (nSPS) is 11.4. The number of amides is 2. The summed E-state index contributed by atoms with van der Waals surface area (Å²) >= 11 is 0. The zero-order valence-corrected chi connectivity index (χ0v) is 6.83. The molecule has 12 heavy (non-hydrogen) atoms. The third-order valence-corrected chi connectivity index (χ3v) is 1.23. The van der Waals surface area contributed by atoms with Gasteiger partial charge in [-0.05, 0) is 6.42 Å². The number of carbonyl (C=O) groups excluding carboxylic acids is 1. The maximum atomic E-state index is 10.7. The molecule has 0 aliphatic rings. The van der Waals surface area contributed by atoms with E-state index in [2.05, 4.69) is 17.2 Å². The molecule has 0 spiro atoms. The molecule has 0 aromatic carbocycles. The maximum Gasteiger partial charge on any atom is 0.326 e. The average molecular weight is 172 g/mol. The minimum absolute atomic E-state index is 0.211. The van der Waals surface area contributed by atoms with Crippen LogP contribution >= 0.6 is 0 Å². The second-order valence-corrected chi connectivity index (χ2v) is 2.14. The topological polar surface area (TPSA) is 78.4 Å². The molecule has 1 unspecified atom stereocenters. The molecule has 2 amide bonds. The predicted molar refractivity (Wildman–Crippen MR) is 43.8 cm³/mol. The summed E-state index contributed by atoms with van der Waals surface area (Å²) in [6.45, 7) is 3.38. The molecule has 0 aromatic heterocycles. The van der Waals surface area contributed by atoms with Gasteiger partial charge in [0.15, 0.2) is 0 Å². The Hall–Kier alpha value is -1.52. The Balaban J connectivity index is 4.03. The van der Waals surface area contributed by atoms with E-state index >= 15 is 0 Å². The Labute approximate surface area is 70.5 Å². The van der Waals surface area contributed by atoms with Gasteiger partial charge in [-0.15, -0.1) is 6.58 Å². The molecule has 5 heteroatoms. The summed E-state index contributed by atoms with van der Waals surface area (Å²) in [5.41, 5.74) is 0. The SMILES string of the molecule is C=CCC(NC(=O)NC)C(=O)O. The first kappa shape index (κ1) is 10.5. The molecule has 0 aliphatic carbocycles. The van der Waals surface area contributed by atoms with Crippen LogP contribution in [-0.4, -0.2) is 30.2 Å². The molecule has 0 heterocycles. The fourth-order valence-corrected chi connectivity index (χ4v) is 0.619. The third-order valence-electron chi connectivity index (χ3n) is 1.23. The largest absolute Gasteiger partial charge is 0.480 e. The van der Waals surface area contributed by atoms with Gasteiger partial charge in [-0.1, -0.05) is 6.08 Å². The van der Waals surface area contributed by atoms with Crippen molar-refractivity contribution in [3.05, 3.63) is 12.7 Å². The number of aliphatic carboxylic acids is 1. The van der Waals surface area contributed by atoms with E-state index < -0.39 is 18.0 Å². The van der Waals surface area contributed by atoms with Crippen LogP contribution < -0.4 is 10.6 Å². The quantitative estimate of drug-likeness (QED) is 0.520. The van der Waals surface area contributed by atoms with Crippen molar-refractivity contribution in [3.63, 3.8) is 0 Å². The third kappa shape index (κ3) is 3.60. The Morgan fingerprint density at radius 2 is 2.25 bits per heavy atom. The van der Waals surface area contributed by atoms with Gasteiger partial charge < -0.3 is 15.7 Å². The summed E-state index contributed by atoms with van der Waals surface area (Å²) in [4.78, 5) is 21.1. The fraction of sp³-hybridized carbons (Fsp3) is 0.429. The van der Waals surface area contributed by atoms with E-state index in [9.17, 15) is 9.59 Å². The number of carbonyl (C=O) groups is 2. The van der Waals surface area contributed by atoms with Gasteiger partial charge in [0.05, 0.1) is 0 Å². The molecule has 0 saturated carbocycles. The minimum atomic E-state index is -1.07. The van der Waals surface area contributed by atoms with Crippen molar-refractivity contribution in [1.82, 2.24) is 10.6 Å². The van der Waals surface area contributed by atoms with Crippen LogP contribution in [0.2, 0.25) is 0 Å². The van der Waals surface area contributed by atoms with E-state index in [4.69, 9.17) is 5.11 Å². The number of urea groups is 1. The van der Waals surface area contributed by atoms with Crippen LogP contribution in [0.3, 0.4) is 0 Å². The molecule has 0 saturated heterocycles. The van der Waals surface area contributed by atoms with Crippen molar-refractivity contribution < 1.29 is 14.7 Å². The zero-order chi connectivity index (χ0) is 9.56. The highest BCUT2D eigenvalue weighted by molar-refractivity contribution is 5.82. The average Bonchev–Trinajstić information content (AvgIpc) is 2.03. The molecule has 5 nitrogen and oxygen atoms in total. The van der Waals surface area contributed by atoms with Crippen LogP contribution in [-0.2, 0) is 4.79 Å². The van der Waals surface area contributed by atoms with Crippen LogP contribution in [0, 0.1) is 0 Å². The standard InChI is InChI=1S/C7H12N2O3/c1-3-4-5(6(10)11)9-7(12)8-2/h3,5H,1,4H2,2H3,(H,10,11)(H2,8,9,12). The van der Waals surface area contributed by atoms with E-state index in [1.54, 1.807) is 0 Å². The predicted octanol–water partition coefficient (Wildman–Crippen LogP) is -0.0553. The molecule has 0 bridgehead atoms. The number of carboxylic acids is 1. The number of rotatable bonds is 4. The second kappa shape index (κ2) is 5.17. The Kier molecular flexibility index (Phi) is 4.52. The van der Waals surface area contributed by atoms with Gasteiger partial charge in [-0.3, -0.25) is 0 Å². The molecular formula is C7H12N2O3. The smallest absolute Gasteiger partial charge is 0.326 e. The van der Waals surface area contributed by atoms with E-state index in [1.165, 1.54) is 13.1 Å². The van der Waals surface area contributed by atoms with Crippen LogP contribution in [0.1, 0.15) is 6.42 Å². The van der Waals surface area contributed by atoms with Gasteiger partial charge in [0.1, 0.15) is 6.04 Å². The molecule has 0 fully saturated rings. The summed E-state index contributed by atoms with van der Waals surface area (Å²) < 4.78 is 0. The summed E-state index contributed by atoms with van der Waals surface area (Å²) in [6, 6.07) is -1.41. The van der Waals surface area contributed by atoms with E-state index in [0.29, 0.717) is 0 Å². The van der Waals surface area contributed by atoms with Crippen LogP contribution in [0.15, 0.2) is 12.7 Å². The summed E-state index contributed by atoms with van der Waals surface area (Å²) in [5, 5.41) is 13.1. The van der Waals surface area contributed by atoms with Gasteiger partial charge in [-0.2, -0.15) is 0 Å². The van der Waals surface area contributed by atoms with Crippen LogP contribution in [0.5, 0.6) is 0 Å². The molecule has 0 radical (unpaired) electrons. The second-order valence-electron chi connectivity index (χ2n) is 2.14. The lowest BCUT2D eigenvalue weighted by atomic mass is 10.2. The highest BCUT2D eigenvalue weighted by Crippen LogP contribution is 1.92. The summed E-state index contributed by atoms with van der Waals surface area (Å²) in [6.07, 6.45) is 1.65. The number of hydrogen-bond acceptors (Lipinski definition) is 2. The molecule has 0 rings (SSSR count). The summed E-state index contributed by atoms with van der Waals surface area (Å²) in [7, 11) is 1.42. The van der Waals surface area contributed by atoms with Crippen molar-refractivity contribution in [2.24, 2.45) is 0 Å². The molecule has 1 atom stereocenters. The van der Waals surface area contributed by atoms with Crippen molar-refractivity contribution in [2.45, 2.75) is 12.5 Å². The Morgan fingerprint density at radius 3 is 2.58 bits per heavy atom. The molecule has 68 valence electrons. The first-order valence-corrected chi connectivity index (χ1v) is 3.43. The van der Waals surface area contributed by atoms with Gasteiger partial charge >= 0.3 is 12.0 Å². The molecule has 0 aliphatic heterocycles. The highest BCUT2D eigenvalue weighted by atomic mass is 16.4. The van der Waals surface area contributed by atoms with E-state index in [1.807, 2.05) is 0 Å². The van der Waals surface area contributed by atoms with Gasteiger partial charge in [-0.25, -0.2) is 9.59 Å². The number of hydrogen-bond donors (Lipinski definition) is 3. The van der Waals surface area contributed by atoms with Crippen molar-refractivity contribution in [3.8, 4) is 0 Å². The molecular weight excluding hydrogens is 160 g/mol. The fourth-order valence-electron chi connectivity index (χ4n) is 0.619. The van der Waals surface area contributed by atoms with Gasteiger partial charge in [0.2, 0.25) is 0 Å². The van der Waals surface area contributed by atoms with Crippen LogP contribution in [0.25, 0.3) is 0 Å². The number of nitrogens with one attached hydrogen (secondary N) is 2. The maximum absolute atomic E-state index is 10.7.